The fraction of sp³-hybridized carbons (Fsp3) is 0.300. The van der Waals surface area contributed by atoms with Crippen LogP contribution in [0.2, 0.25) is 10.2 Å². The molecule has 2 aromatic heterocycles. The molecule has 2 aromatic carbocycles. The molecule has 1 atom stereocenters. The fourth-order valence-electron chi connectivity index (χ4n) is 4.61. The van der Waals surface area contributed by atoms with E-state index in [-0.39, 0.29) is 17.4 Å². The van der Waals surface area contributed by atoms with Crippen molar-refractivity contribution in [1.82, 2.24) is 19.4 Å². The van der Waals surface area contributed by atoms with Crippen molar-refractivity contribution in [2.45, 2.75) is 39.8 Å². The first-order valence-electron chi connectivity index (χ1n) is 12.7. The molecule has 38 heavy (non-hydrogen) atoms. The largest absolute Gasteiger partial charge is 0.330 e. The topological polar surface area (TPSA) is 77.0 Å². The number of amides is 1. The van der Waals surface area contributed by atoms with Gasteiger partial charge in [-0.05, 0) is 48.2 Å². The van der Waals surface area contributed by atoms with E-state index in [0.29, 0.717) is 41.8 Å². The molecule has 0 radical (unpaired) electrons. The number of hydrogen-bond acceptors (Lipinski definition) is 4. The zero-order valence-corrected chi connectivity index (χ0v) is 23.5. The molecular weight excluding hydrogens is 517 g/mol. The van der Waals surface area contributed by atoms with Crippen LogP contribution in [0, 0.1) is 5.41 Å². The van der Waals surface area contributed by atoms with E-state index >= 15 is 0 Å². The SMILES string of the molecule is CC(C)(C)C(c1nc(-c2cccc(Cl)c2)cn1Cc1ccccc1)N(CCCN)C(=O)c1ccc(Cl)nc1. The second kappa shape index (κ2) is 12.1. The Bertz CT molecular complexity index is 1360. The predicted octanol–water partition coefficient (Wildman–Crippen LogP) is 6.88. The van der Waals surface area contributed by atoms with Gasteiger partial charge in [0.05, 0.1) is 17.3 Å². The van der Waals surface area contributed by atoms with E-state index in [1.807, 2.05) is 53.6 Å². The van der Waals surface area contributed by atoms with Gasteiger partial charge in [0.15, 0.2) is 0 Å². The summed E-state index contributed by atoms with van der Waals surface area (Å²) in [6.07, 6.45) is 4.22. The summed E-state index contributed by atoms with van der Waals surface area (Å²) in [7, 11) is 0. The third-order valence-electron chi connectivity index (χ3n) is 6.34. The van der Waals surface area contributed by atoms with Crippen LogP contribution in [0.5, 0.6) is 0 Å². The molecule has 0 saturated heterocycles. The summed E-state index contributed by atoms with van der Waals surface area (Å²) in [5.41, 5.74) is 8.88. The molecule has 0 bridgehead atoms. The Labute approximate surface area is 234 Å². The van der Waals surface area contributed by atoms with Crippen molar-refractivity contribution in [2.24, 2.45) is 11.1 Å². The minimum Gasteiger partial charge on any atom is -0.330 e. The Morgan fingerprint density at radius 1 is 1.05 bits per heavy atom. The Hall–Kier alpha value is -3.19. The van der Waals surface area contributed by atoms with E-state index < -0.39 is 0 Å². The van der Waals surface area contributed by atoms with Gasteiger partial charge in [0.1, 0.15) is 11.0 Å². The average Bonchev–Trinajstić information content (AvgIpc) is 3.29. The lowest BCUT2D eigenvalue weighted by Crippen LogP contribution is -2.43. The van der Waals surface area contributed by atoms with Gasteiger partial charge < -0.3 is 15.2 Å². The first kappa shape index (κ1) is 27.8. The number of pyridine rings is 1. The van der Waals surface area contributed by atoms with Gasteiger partial charge in [0.25, 0.3) is 5.91 Å². The van der Waals surface area contributed by atoms with Gasteiger partial charge in [-0.3, -0.25) is 4.79 Å². The molecular formula is C30H33Cl2N5O. The smallest absolute Gasteiger partial charge is 0.256 e. The van der Waals surface area contributed by atoms with Crippen molar-refractivity contribution in [2.75, 3.05) is 13.1 Å². The molecule has 8 heteroatoms. The van der Waals surface area contributed by atoms with Gasteiger partial charge in [-0.25, -0.2) is 9.97 Å². The molecule has 0 spiro atoms. The van der Waals surface area contributed by atoms with Crippen LogP contribution in [0.1, 0.15) is 55.0 Å². The lowest BCUT2D eigenvalue weighted by Gasteiger charge is -2.40. The highest BCUT2D eigenvalue weighted by Gasteiger charge is 2.38. The summed E-state index contributed by atoms with van der Waals surface area (Å²) in [4.78, 5) is 25.1. The van der Waals surface area contributed by atoms with Crippen LogP contribution in [0.3, 0.4) is 0 Å². The van der Waals surface area contributed by atoms with Crippen LogP contribution in [-0.4, -0.2) is 38.4 Å². The van der Waals surface area contributed by atoms with Crippen molar-refractivity contribution in [3.8, 4) is 11.3 Å². The molecule has 1 unspecified atom stereocenters. The molecule has 0 aliphatic rings. The molecule has 198 valence electrons. The molecule has 4 aromatic rings. The Balaban J connectivity index is 1.87. The first-order valence-corrected chi connectivity index (χ1v) is 13.4. The van der Waals surface area contributed by atoms with Crippen molar-refractivity contribution in [3.05, 3.63) is 106 Å². The van der Waals surface area contributed by atoms with E-state index in [4.69, 9.17) is 33.9 Å². The zero-order chi connectivity index (χ0) is 27.3. The Morgan fingerprint density at radius 2 is 1.82 bits per heavy atom. The van der Waals surface area contributed by atoms with Crippen LogP contribution in [0.15, 0.2) is 79.1 Å². The van der Waals surface area contributed by atoms with E-state index in [0.717, 1.165) is 22.6 Å². The van der Waals surface area contributed by atoms with Crippen LogP contribution >= 0.6 is 23.2 Å². The standard InChI is InChI=1S/C30H33Cl2N5O/c1-30(2,3)27(37(16-8-15-33)29(38)23-13-14-26(32)34-18-23)28-35-25(22-11-7-12-24(31)17-22)20-36(28)19-21-9-5-4-6-10-21/h4-7,9-14,17-18,20,27H,8,15-16,19,33H2,1-3H3. The second-order valence-electron chi connectivity index (χ2n) is 10.4. The minimum absolute atomic E-state index is 0.138. The molecule has 1 amide bonds. The van der Waals surface area contributed by atoms with Gasteiger partial charge in [-0.2, -0.15) is 0 Å². The third kappa shape index (κ3) is 6.62. The number of rotatable bonds is 9. The minimum atomic E-state index is -0.353. The molecule has 0 saturated carbocycles. The van der Waals surface area contributed by atoms with Crippen molar-refractivity contribution in [3.63, 3.8) is 0 Å². The number of nitrogens with two attached hydrogens (primary N) is 1. The van der Waals surface area contributed by atoms with E-state index in [9.17, 15) is 4.79 Å². The number of imidazole rings is 1. The molecule has 6 nitrogen and oxygen atoms in total. The molecule has 2 N–H and O–H groups in total. The number of nitrogens with zero attached hydrogens (tertiary/aromatic N) is 4. The average molecular weight is 551 g/mol. The molecule has 0 fully saturated rings. The van der Waals surface area contributed by atoms with Gasteiger partial charge in [0.2, 0.25) is 0 Å². The van der Waals surface area contributed by atoms with Crippen molar-refractivity contribution >= 4 is 29.1 Å². The summed E-state index contributed by atoms with van der Waals surface area (Å²) < 4.78 is 2.14. The maximum absolute atomic E-state index is 14.0. The number of carbonyl (C=O) groups is 1. The van der Waals surface area contributed by atoms with Crippen LogP contribution < -0.4 is 5.73 Å². The van der Waals surface area contributed by atoms with Crippen LogP contribution in [-0.2, 0) is 6.54 Å². The number of hydrogen-bond donors (Lipinski definition) is 1. The number of aromatic nitrogens is 3. The third-order valence-corrected chi connectivity index (χ3v) is 6.80. The van der Waals surface area contributed by atoms with Crippen molar-refractivity contribution in [1.29, 1.82) is 0 Å². The van der Waals surface area contributed by atoms with Crippen molar-refractivity contribution < 1.29 is 4.79 Å². The molecule has 2 heterocycles. The molecule has 4 rings (SSSR count). The zero-order valence-electron chi connectivity index (χ0n) is 21.9. The molecule has 0 aliphatic carbocycles. The van der Waals surface area contributed by atoms with E-state index in [1.165, 1.54) is 6.20 Å². The summed E-state index contributed by atoms with van der Waals surface area (Å²) in [6, 6.07) is 20.9. The van der Waals surface area contributed by atoms with Gasteiger partial charge >= 0.3 is 0 Å². The highest BCUT2D eigenvalue weighted by atomic mass is 35.5. The van der Waals surface area contributed by atoms with Gasteiger partial charge in [0, 0.05) is 36.1 Å². The summed E-state index contributed by atoms with van der Waals surface area (Å²) in [5, 5.41) is 0.982. The van der Waals surface area contributed by atoms with Crippen LogP contribution in [0.4, 0.5) is 0 Å². The lowest BCUT2D eigenvalue weighted by atomic mass is 9.84. The van der Waals surface area contributed by atoms with E-state index in [2.05, 4.69) is 42.5 Å². The maximum atomic E-state index is 14.0. The lowest BCUT2D eigenvalue weighted by molar-refractivity contribution is 0.0482. The Kier molecular flexibility index (Phi) is 8.87. The first-order chi connectivity index (χ1) is 18.2. The predicted molar refractivity (Wildman–Crippen MR) is 154 cm³/mol. The normalized spacial score (nSPS) is 12.4. The summed E-state index contributed by atoms with van der Waals surface area (Å²) >= 11 is 12.3. The maximum Gasteiger partial charge on any atom is 0.256 e. The summed E-state index contributed by atoms with van der Waals surface area (Å²) in [5.74, 6) is 0.657. The van der Waals surface area contributed by atoms with Gasteiger partial charge in [-0.1, -0.05) is 86.4 Å². The number of carbonyl (C=O) groups excluding carboxylic acids is 1. The quantitative estimate of drug-likeness (QED) is 0.231. The van der Waals surface area contributed by atoms with Crippen LogP contribution in [0.25, 0.3) is 11.3 Å². The van der Waals surface area contributed by atoms with E-state index in [1.54, 1.807) is 12.1 Å². The van der Waals surface area contributed by atoms with Gasteiger partial charge in [-0.15, -0.1) is 0 Å². The monoisotopic (exact) mass is 549 g/mol. The molecule has 0 aliphatic heterocycles. The summed E-state index contributed by atoms with van der Waals surface area (Å²) in [6.45, 7) is 7.93. The highest BCUT2D eigenvalue weighted by molar-refractivity contribution is 6.30. The fourth-order valence-corrected chi connectivity index (χ4v) is 4.92. The number of benzene rings is 2. The highest BCUT2D eigenvalue weighted by Crippen LogP contribution is 2.40. The second-order valence-corrected chi connectivity index (χ2v) is 11.2. The Morgan fingerprint density at radius 3 is 2.45 bits per heavy atom. The number of halogens is 2.